The first-order valence-electron chi connectivity index (χ1n) is 5.73. The molecule has 0 aromatic carbocycles. The van der Waals surface area contributed by atoms with E-state index in [1.165, 1.54) is 12.0 Å². The van der Waals surface area contributed by atoms with E-state index in [4.69, 9.17) is 4.74 Å². The summed E-state index contributed by atoms with van der Waals surface area (Å²) in [6.45, 7) is 5.40. The molecule has 1 aliphatic rings. The molecule has 5 heteroatoms. The molecule has 1 aromatic heterocycles. The zero-order valence-electron chi connectivity index (χ0n) is 10.9. The molecule has 0 aliphatic carbocycles. The van der Waals surface area contributed by atoms with E-state index in [9.17, 15) is 9.59 Å². The van der Waals surface area contributed by atoms with Crippen LogP contribution in [0.4, 0.5) is 5.82 Å². The zero-order valence-corrected chi connectivity index (χ0v) is 10.9. The Morgan fingerprint density at radius 2 is 2.11 bits per heavy atom. The molecule has 96 valence electrons. The molecule has 18 heavy (non-hydrogen) atoms. The summed E-state index contributed by atoms with van der Waals surface area (Å²) in [7, 11) is 1.41. The van der Waals surface area contributed by atoms with Crippen LogP contribution in [0.1, 0.15) is 31.1 Å². The van der Waals surface area contributed by atoms with Crippen molar-refractivity contribution in [2.75, 3.05) is 12.0 Å². The fourth-order valence-corrected chi connectivity index (χ4v) is 1.92. The van der Waals surface area contributed by atoms with Gasteiger partial charge in [0.25, 0.3) is 0 Å². The summed E-state index contributed by atoms with van der Waals surface area (Å²) in [6.07, 6.45) is 0.661. The van der Waals surface area contributed by atoms with E-state index in [0.29, 0.717) is 11.4 Å². The van der Waals surface area contributed by atoms with E-state index >= 15 is 0 Å². The molecule has 5 nitrogen and oxygen atoms in total. The number of hydrogen-bond donors (Lipinski definition) is 0. The third-order valence-electron chi connectivity index (χ3n) is 2.82. The van der Waals surface area contributed by atoms with Crippen LogP contribution in [-0.2, 0) is 9.53 Å². The number of carbonyl (C=O) groups excluding carboxylic acids is 2. The highest BCUT2D eigenvalue weighted by molar-refractivity contribution is 6.16. The second-order valence-electron chi connectivity index (χ2n) is 5.25. The van der Waals surface area contributed by atoms with Gasteiger partial charge in [-0.1, -0.05) is 20.8 Å². The highest BCUT2D eigenvalue weighted by Gasteiger charge is 2.45. The standard InChI is InChI=1S/C13H16N2O3/c1-13(2,3)12(17)15-10-8(6-5-7-14-10)9(16)11(15)18-4/h5-7,11H,1-4H3. The quantitative estimate of drug-likeness (QED) is 0.758. The summed E-state index contributed by atoms with van der Waals surface area (Å²) in [5.74, 6) is -0.0207. The molecule has 2 heterocycles. The molecule has 0 spiro atoms. The Morgan fingerprint density at radius 3 is 2.67 bits per heavy atom. The molecule has 0 saturated heterocycles. The van der Waals surface area contributed by atoms with Crippen LogP contribution in [0.3, 0.4) is 0 Å². The van der Waals surface area contributed by atoms with Gasteiger partial charge in [0.2, 0.25) is 17.9 Å². The molecule has 0 bridgehead atoms. The van der Waals surface area contributed by atoms with Gasteiger partial charge in [-0.15, -0.1) is 0 Å². The van der Waals surface area contributed by atoms with Crippen LogP contribution < -0.4 is 4.90 Å². The first-order valence-corrected chi connectivity index (χ1v) is 5.73. The number of ketones is 1. The lowest BCUT2D eigenvalue weighted by Crippen LogP contribution is -2.46. The third-order valence-corrected chi connectivity index (χ3v) is 2.82. The molecule has 1 atom stereocenters. The molecular formula is C13H16N2O3. The van der Waals surface area contributed by atoms with Crippen molar-refractivity contribution in [1.29, 1.82) is 0 Å². The summed E-state index contributed by atoms with van der Waals surface area (Å²) in [5, 5.41) is 0. The topological polar surface area (TPSA) is 59.5 Å². The fourth-order valence-electron chi connectivity index (χ4n) is 1.92. The summed E-state index contributed by atoms with van der Waals surface area (Å²) < 4.78 is 5.15. The van der Waals surface area contributed by atoms with E-state index in [0.717, 1.165) is 0 Å². The van der Waals surface area contributed by atoms with Crippen molar-refractivity contribution in [2.45, 2.75) is 27.0 Å². The normalized spacial score (nSPS) is 19.0. The van der Waals surface area contributed by atoms with Gasteiger partial charge in [0.15, 0.2) is 0 Å². The minimum Gasteiger partial charge on any atom is -0.354 e. The first-order chi connectivity index (χ1) is 8.38. The van der Waals surface area contributed by atoms with Crippen LogP contribution in [0, 0.1) is 5.41 Å². The molecule has 1 unspecified atom stereocenters. The van der Waals surface area contributed by atoms with Crippen LogP contribution in [-0.4, -0.2) is 30.0 Å². The molecule has 0 saturated carbocycles. The van der Waals surface area contributed by atoms with E-state index in [1.54, 1.807) is 39.1 Å². The second kappa shape index (κ2) is 4.17. The van der Waals surface area contributed by atoms with E-state index in [2.05, 4.69) is 4.98 Å². The van der Waals surface area contributed by atoms with Crippen molar-refractivity contribution in [2.24, 2.45) is 5.41 Å². The Hall–Kier alpha value is -1.75. The summed E-state index contributed by atoms with van der Waals surface area (Å²) in [4.78, 5) is 30.0. The summed E-state index contributed by atoms with van der Waals surface area (Å²) >= 11 is 0. The lowest BCUT2D eigenvalue weighted by atomic mass is 9.95. The van der Waals surface area contributed by atoms with Gasteiger partial charge in [-0.3, -0.25) is 14.5 Å². The Bertz CT molecular complexity index is 505. The van der Waals surface area contributed by atoms with Crippen LogP contribution >= 0.6 is 0 Å². The number of hydrogen-bond acceptors (Lipinski definition) is 4. The number of rotatable bonds is 1. The number of Topliss-reactive ketones (excluding diaryl/α,β-unsaturated/α-hetero) is 1. The Labute approximate surface area is 106 Å². The van der Waals surface area contributed by atoms with Gasteiger partial charge in [-0.2, -0.15) is 0 Å². The van der Waals surface area contributed by atoms with Crippen molar-refractivity contribution in [3.05, 3.63) is 23.9 Å². The first kappa shape index (κ1) is 12.7. The predicted octanol–water partition coefficient (Wildman–Crippen LogP) is 1.63. The van der Waals surface area contributed by atoms with E-state index < -0.39 is 11.6 Å². The predicted molar refractivity (Wildman–Crippen MR) is 66.3 cm³/mol. The second-order valence-corrected chi connectivity index (χ2v) is 5.25. The van der Waals surface area contributed by atoms with Crippen molar-refractivity contribution < 1.29 is 14.3 Å². The zero-order chi connectivity index (χ0) is 13.5. The highest BCUT2D eigenvalue weighted by atomic mass is 16.5. The number of anilines is 1. The van der Waals surface area contributed by atoms with Crippen molar-refractivity contribution >= 4 is 17.5 Å². The Balaban J connectivity index is 2.52. The van der Waals surface area contributed by atoms with Gasteiger partial charge in [0.1, 0.15) is 5.82 Å². The monoisotopic (exact) mass is 248 g/mol. The van der Waals surface area contributed by atoms with Gasteiger partial charge in [-0.05, 0) is 12.1 Å². The Kier molecular flexibility index (Phi) is 2.94. The molecule has 1 aliphatic heterocycles. The molecule has 0 fully saturated rings. The minimum absolute atomic E-state index is 0.180. The molecule has 1 amide bonds. The maximum atomic E-state index is 12.4. The number of methoxy groups -OCH3 is 1. The fraction of sp³-hybridized carbons (Fsp3) is 0.462. The minimum atomic E-state index is -0.901. The Morgan fingerprint density at radius 1 is 1.44 bits per heavy atom. The maximum absolute atomic E-state index is 12.4. The lowest BCUT2D eigenvalue weighted by molar-refractivity contribution is -0.127. The van der Waals surface area contributed by atoms with Gasteiger partial charge in [0, 0.05) is 18.7 Å². The number of nitrogens with zero attached hydrogens (tertiary/aromatic N) is 2. The van der Waals surface area contributed by atoms with E-state index in [-0.39, 0.29) is 11.7 Å². The number of carbonyl (C=O) groups is 2. The van der Waals surface area contributed by atoms with Gasteiger partial charge in [0.05, 0.1) is 5.56 Å². The van der Waals surface area contributed by atoms with Crippen molar-refractivity contribution in [3.8, 4) is 0 Å². The largest absolute Gasteiger partial charge is 0.354 e. The van der Waals surface area contributed by atoms with Crippen LogP contribution in [0.15, 0.2) is 18.3 Å². The summed E-state index contributed by atoms with van der Waals surface area (Å²) in [6, 6.07) is 3.33. The summed E-state index contributed by atoms with van der Waals surface area (Å²) in [5.41, 5.74) is -0.169. The lowest BCUT2D eigenvalue weighted by Gasteiger charge is -2.28. The van der Waals surface area contributed by atoms with Crippen molar-refractivity contribution in [1.82, 2.24) is 4.98 Å². The van der Waals surface area contributed by atoms with Gasteiger partial charge < -0.3 is 4.74 Å². The molecule has 1 aromatic rings. The van der Waals surface area contributed by atoms with Gasteiger partial charge >= 0.3 is 0 Å². The van der Waals surface area contributed by atoms with Gasteiger partial charge in [-0.25, -0.2) is 4.98 Å². The van der Waals surface area contributed by atoms with E-state index in [1.807, 2.05) is 0 Å². The number of aromatic nitrogens is 1. The number of fused-ring (bicyclic) bond motifs is 1. The average Bonchev–Trinajstić information content (AvgIpc) is 2.60. The molecular weight excluding hydrogens is 232 g/mol. The highest BCUT2D eigenvalue weighted by Crippen LogP contribution is 2.33. The smallest absolute Gasteiger partial charge is 0.236 e. The number of pyridine rings is 1. The third kappa shape index (κ3) is 1.80. The average molecular weight is 248 g/mol. The van der Waals surface area contributed by atoms with Crippen LogP contribution in [0.25, 0.3) is 0 Å². The number of amides is 1. The van der Waals surface area contributed by atoms with Crippen LogP contribution in [0.2, 0.25) is 0 Å². The number of ether oxygens (including phenoxy) is 1. The molecule has 0 N–H and O–H groups in total. The van der Waals surface area contributed by atoms with Crippen molar-refractivity contribution in [3.63, 3.8) is 0 Å². The molecule has 0 radical (unpaired) electrons. The van der Waals surface area contributed by atoms with Crippen LogP contribution in [0.5, 0.6) is 0 Å². The maximum Gasteiger partial charge on any atom is 0.236 e. The SMILES string of the molecule is COC1C(=O)c2cccnc2N1C(=O)C(C)(C)C. The molecule has 2 rings (SSSR count).